The highest BCUT2D eigenvalue weighted by atomic mass is 16.5. The van der Waals surface area contributed by atoms with Gasteiger partial charge < -0.3 is 15.2 Å². The number of nitrogens with zero attached hydrogens (tertiary/aromatic N) is 3. The molecule has 0 amide bonds. The third kappa shape index (κ3) is 6.24. The zero-order chi connectivity index (χ0) is 21.5. The van der Waals surface area contributed by atoms with Crippen LogP contribution in [-0.2, 0) is 22.7 Å². The number of hydrogen-bond donors (Lipinski definition) is 1. The summed E-state index contributed by atoms with van der Waals surface area (Å²) in [5, 5.41) is 0. The molecular formula is C25H32N4O3. The van der Waals surface area contributed by atoms with Gasteiger partial charge >= 0.3 is 5.69 Å². The average molecular weight is 437 g/mol. The van der Waals surface area contributed by atoms with Crippen LogP contribution in [-0.4, -0.2) is 27.2 Å². The Morgan fingerprint density at radius 2 is 1.62 bits per heavy atom. The SMILES string of the molecule is C.Nc1ncn([C@H]2CCC(OCc3ccccc3)[C@@H](COCc3ccccc3)C2)c(=O)n1. The number of rotatable bonds is 8. The van der Waals surface area contributed by atoms with Crippen molar-refractivity contribution in [1.82, 2.24) is 14.5 Å². The predicted octanol–water partition coefficient (Wildman–Crippen LogP) is 4.00. The minimum Gasteiger partial charge on any atom is -0.376 e. The summed E-state index contributed by atoms with van der Waals surface area (Å²) in [4.78, 5) is 20.1. The fraction of sp³-hybridized carbons (Fsp3) is 0.400. The van der Waals surface area contributed by atoms with Crippen molar-refractivity contribution in [3.8, 4) is 0 Å². The Labute approximate surface area is 189 Å². The van der Waals surface area contributed by atoms with E-state index in [4.69, 9.17) is 15.2 Å². The molecule has 0 spiro atoms. The molecule has 1 unspecified atom stereocenters. The van der Waals surface area contributed by atoms with Crippen LogP contribution in [0.15, 0.2) is 71.8 Å². The first kappa shape index (κ1) is 23.6. The van der Waals surface area contributed by atoms with Crippen molar-refractivity contribution in [3.63, 3.8) is 0 Å². The van der Waals surface area contributed by atoms with Crippen LogP contribution < -0.4 is 11.4 Å². The highest BCUT2D eigenvalue weighted by Gasteiger charge is 2.33. The van der Waals surface area contributed by atoms with Gasteiger partial charge in [0, 0.05) is 12.0 Å². The molecule has 1 aromatic heterocycles. The fourth-order valence-electron chi connectivity index (χ4n) is 4.14. The summed E-state index contributed by atoms with van der Waals surface area (Å²) >= 11 is 0. The molecule has 0 bridgehead atoms. The topological polar surface area (TPSA) is 92.3 Å². The quantitative estimate of drug-likeness (QED) is 0.574. The van der Waals surface area contributed by atoms with Crippen molar-refractivity contribution in [2.75, 3.05) is 12.3 Å². The van der Waals surface area contributed by atoms with E-state index in [1.54, 1.807) is 4.57 Å². The van der Waals surface area contributed by atoms with Gasteiger partial charge in [-0.3, -0.25) is 4.57 Å². The number of aromatic nitrogens is 3. The van der Waals surface area contributed by atoms with Crippen LogP contribution in [0, 0.1) is 5.92 Å². The van der Waals surface area contributed by atoms with Gasteiger partial charge in [0.1, 0.15) is 6.33 Å². The Morgan fingerprint density at radius 3 is 2.28 bits per heavy atom. The van der Waals surface area contributed by atoms with E-state index >= 15 is 0 Å². The summed E-state index contributed by atoms with van der Waals surface area (Å²) in [6, 6.07) is 20.3. The lowest BCUT2D eigenvalue weighted by molar-refractivity contribution is -0.0623. The van der Waals surface area contributed by atoms with Crippen molar-refractivity contribution in [3.05, 3.63) is 88.6 Å². The first-order chi connectivity index (χ1) is 15.2. The summed E-state index contributed by atoms with van der Waals surface area (Å²) in [6.07, 6.45) is 4.00. The van der Waals surface area contributed by atoms with E-state index in [0.29, 0.717) is 19.8 Å². The van der Waals surface area contributed by atoms with E-state index in [0.717, 1.165) is 30.4 Å². The molecule has 1 heterocycles. The number of benzene rings is 2. The lowest BCUT2D eigenvalue weighted by Gasteiger charge is -2.36. The minimum absolute atomic E-state index is 0. The Bertz CT molecular complexity index is 1010. The molecular weight excluding hydrogens is 404 g/mol. The molecule has 3 aromatic rings. The van der Waals surface area contributed by atoms with Gasteiger partial charge in [-0.15, -0.1) is 0 Å². The predicted molar refractivity (Wildman–Crippen MR) is 125 cm³/mol. The summed E-state index contributed by atoms with van der Waals surface area (Å²) in [5.74, 6) is 0.166. The molecule has 4 rings (SSSR count). The third-order valence-corrected chi connectivity index (χ3v) is 5.77. The smallest absolute Gasteiger partial charge is 0.352 e. The summed E-state index contributed by atoms with van der Waals surface area (Å²) in [6.45, 7) is 1.68. The summed E-state index contributed by atoms with van der Waals surface area (Å²) in [5.41, 5.74) is 7.48. The van der Waals surface area contributed by atoms with Gasteiger partial charge in [-0.25, -0.2) is 9.78 Å². The van der Waals surface area contributed by atoms with E-state index in [1.807, 2.05) is 36.4 Å². The molecule has 1 aliphatic rings. The molecule has 7 heteroatoms. The highest BCUT2D eigenvalue weighted by Crippen LogP contribution is 2.34. The standard InChI is InChI=1S/C24H28N4O3.CH4/c25-23-26-17-28(24(29)27-23)21-11-12-22(31-15-19-9-5-2-6-10-19)20(13-21)16-30-14-18-7-3-1-4-8-18;/h1-10,17,20-22H,11-16H2,(H2,25,27,29);1H4/t20-,21+,22?;/m1./s1. The molecule has 7 nitrogen and oxygen atoms in total. The molecule has 170 valence electrons. The van der Waals surface area contributed by atoms with Crippen molar-refractivity contribution in [2.45, 2.75) is 52.0 Å². The molecule has 2 N–H and O–H groups in total. The largest absolute Gasteiger partial charge is 0.376 e. The van der Waals surface area contributed by atoms with Crippen LogP contribution >= 0.6 is 0 Å². The first-order valence-electron chi connectivity index (χ1n) is 10.7. The molecule has 1 saturated carbocycles. The van der Waals surface area contributed by atoms with Crippen LogP contribution in [0.5, 0.6) is 0 Å². The van der Waals surface area contributed by atoms with Gasteiger partial charge in [0.25, 0.3) is 0 Å². The maximum Gasteiger partial charge on any atom is 0.352 e. The lowest BCUT2D eigenvalue weighted by Crippen LogP contribution is -2.38. The summed E-state index contributed by atoms with van der Waals surface area (Å²) < 4.78 is 13.9. The van der Waals surface area contributed by atoms with Gasteiger partial charge in [-0.05, 0) is 30.4 Å². The number of hydrogen-bond acceptors (Lipinski definition) is 6. The number of nitrogens with two attached hydrogens (primary N) is 1. The lowest BCUT2D eigenvalue weighted by atomic mass is 9.83. The summed E-state index contributed by atoms with van der Waals surface area (Å²) in [7, 11) is 0. The maximum absolute atomic E-state index is 12.3. The average Bonchev–Trinajstić information content (AvgIpc) is 2.80. The normalized spacial score (nSPS) is 20.4. The first-order valence-corrected chi connectivity index (χ1v) is 10.7. The highest BCUT2D eigenvalue weighted by molar-refractivity contribution is 5.14. The number of nitrogen functional groups attached to an aromatic ring is 1. The number of anilines is 1. The van der Waals surface area contributed by atoms with Gasteiger partial charge in [-0.2, -0.15) is 4.98 Å². The number of ether oxygens (including phenoxy) is 2. The van der Waals surface area contributed by atoms with Crippen LogP contribution in [0.3, 0.4) is 0 Å². The van der Waals surface area contributed by atoms with E-state index in [-0.39, 0.29) is 37.1 Å². The second kappa shape index (κ2) is 11.5. The van der Waals surface area contributed by atoms with Gasteiger partial charge in [-0.1, -0.05) is 68.1 Å². The van der Waals surface area contributed by atoms with Gasteiger partial charge in [0.15, 0.2) is 0 Å². The molecule has 3 atom stereocenters. The molecule has 32 heavy (non-hydrogen) atoms. The second-order valence-electron chi connectivity index (χ2n) is 7.97. The second-order valence-corrected chi connectivity index (χ2v) is 7.97. The van der Waals surface area contributed by atoms with Gasteiger partial charge in [0.05, 0.1) is 25.9 Å². The molecule has 0 aliphatic heterocycles. The van der Waals surface area contributed by atoms with E-state index in [9.17, 15) is 4.79 Å². The molecule has 0 saturated heterocycles. The molecule has 2 aromatic carbocycles. The molecule has 0 radical (unpaired) electrons. The minimum atomic E-state index is -0.356. The Hall–Kier alpha value is -3.03. The fourth-order valence-corrected chi connectivity index (χ4v) is 4.14. The van der Waals surface area contributed by atoms with E-state index < -0.39 is 0 Å². The maximum atomic E-state index is 12.3. The van der Waals surface area contributed by atoms with E-state index in [1.165, 1.54) is 6.33 Å². The Kier molecular flexibility index (Phi) is 8.53. The van der Waals surface area contributed by atoms with Crippen LogP contribution in [0.25, 0.3) is 0 Å². The van der Waals surface area contributed by atoms with Crippen molar-refractivity contribution < 1.29 is 9.47 Å². The van der Waals surface area contributed by atoms with Crippen LogP contribution in [0.4, 0.5) is 5.95 Å². The van der Waals surface area contributed by atoms with Crippen LogP contribution in [0.2, 0.25) is 0 Å². The van der Waals surface area contributed by atoms with Crippen molar-refractivity contribution >= 4 is 5.95 Å². The van der Waals surface area contributed by atoms with E-state index in [2.05, 4.69) is 34.2 Å². The van der Waals surface area contributed by atoms with Crippen molar-refractivity contribution in [1.29, 1.82) is 0 Å². The third-order valence-electron chi connectivity index (χ3n) is 5.77. The van der Waals surface area contributed by atoms with Crippen molar-refractivity contribution in [2.24, 2.45) is 5.92 Å². The molecule has 1 aliphatic carbocycles. The molecule has 1 fully saturated rings. The zero-order valence-corrected chi connectivity index (χ0v) is 17.5. The Balaban J connectivity index is 0.00000289. The monoisotopic (exact) mass is 436 g/mol. The zero-order valence-electron chi connectivity index (χ0n) is 17.5. The Morgan fingerprint density at radius 1 is 0.969 bits per heavy atom. The van der Waals surface area contributed by atoms with Crippen LogP contribution in [0.1, 0.15) is 43.9 Å². The van der Waals surface area contributed by atoms with Gasteiger partial charge in [0.2, 0.25) is 5.95 Å².